The highest BCUT2D eigenvalue weighted by Gasteiger charge is 2.32. The Morgan fingerprint density at radius 1 is 1.33 bits per heavy atom. The molecule has 0 bridgehead atoms. The Balaban J connectivity index is 2.64. The highest BCUT2D eigenvalue weighted by atomic mass is 19.3. The summed E-state index contributed by atoms with van der Waals surface area (Å²) in [6.07, 6.45) is -1.11. The molecule has 1 rings (SSSR count). The number of hydrogen-bond donors (Lipinski definition) is 0. The third-order valence-corrected chi connectivity index (χ3v) is 0.990. The first kappa shape index (κ1) is 8.79. The second kappa shape index (κ2) is 3.40. The molecule has 0 unspecified atom stereocenters. The summed E-state index contributed by atoms with van der Waals surface area (Å²) in [6.45, 7) is 0. The van der Waals surface area contributed by atoms with Gasteiger partial charge in [-0.1, -0.05) is 0 Å². The molecule has 0 aliphatic heterocycles. The van der Waals surface area contributed by atoms with E-state index in [0.29, 0.717) is 0 Å². The van der Waals surface area contributed by atoms with Crippen LogP contribution in [0.4, 0.5) is 8.78 Å². The molecular weight excluding hydrogens is 170 g/mol. The van der Waals surface area contributed by atoms with Crippen LogP contribution in [0.5, 0.6) is 6.01 Å². The maximum atomic E-state index is 12.3. The lowest BCUT2D eigenvalue weighted by atomic mass is 10.7. The van der Waals surface area contributed by atoms with Crippen molar-refractivity contribution in [3.8, 4) is 6.01 Å². The normalized spacial score (nSPS) is 11.2. The first-order valence-electron chi connectivity index (χ1n) is 3.03. The van der Waals surface area contributed by atoms with E-state index in [9.17, 15) is 8.78 Å². The Morgan fingerprint density at radius 3 is 2.42 bits per heavy atom. The molecule has 1 aromatic heterocycles. The quantitative estimate of drug-likeness (QED) is 0.645. The molecule has 66 valence electrons. The number of ether oxygens (including phenoxy) is 2. The van der Waals surface area contributed by atoms with Gasteiger partial charge in [-0.05, 0) is 6.07 Å². The van der Waals surface area contributed by atoms with Gasteiger partial charge in [-0.25, -0.2) is 9.97 Å². The van der Waals surface area contributed by atoms with E-state index in [2.05, 4.69) is 19.4 Å². The lowest BCUT2D eigenvalue weighted by Crippen LogP contribution is -2.27. The van der Waals surface area contributed by atoms with E-state index in [0.717, 1.165) is 7.11 Å². The van der Waals surface area contributed by atoms with Crippen LogP contribution in [-0.4, -0.2) is 23.4 Å². The highest BCUT2D eigenvalue weighted by Crippen LogP contribution is 2.16. The molecule has 0 amide bonds. The van der Waals surface area contributed by atoms with Crippen molar-refractivity contribution in [1.29, 1.82) is 0 Å². The van der Waals surface area contributed by atoms with E-state index in [4.69, 9.17) is 0 Å². The number of methoxy groups -OCH3 is 1. The molecule has 0 N–H and O–H groups in total. The molecule has 0 fully saturated rings. The summed E-state index contributed by atoms with van der Waals surface area (Å²) in [6, 6.07) is 1.06. The minimum atomic E-state index is -3.68. The van der Waals surface area contributed by atoms with Gasteiger partial charge in [0.25, 0.3) is 0 Å². The van der Waals surface area contributed by atoms with Crippen LogP contribution >= 0.6 is 0 Å². The number of halogens is 2. The molecule has 0 atom stereocenters. The smallest absolute Gasteiger partial charge is 0.374 e. The predicted octanol–water partition coefficient (Wildman–Crippen LogP) is 1.05. The zero-order valence-corrected chi connectivity index (χ0v) is 6.20. The van der Waals surface area contributed by atoms with Gasteiger partial charge in [-0.2, -0.15) is 0 Å². The van der Waals surface area contributed by atoms with Gasteiger partial charge >= 0.3 is 12.3 Å². The average molecular weight is 176 g/mol. The fourth-order valence-electron chi connectivity index (χ4n) is 0.486. The second-order valence-corrected chi connectivity index (χ2v) is 1.80. The van der Waals surface area contributed by atoms with Gasteiger partial charge in [-0.3, -0.25) is 4.74 Å². The lowest BCUT2D eigenvalue weighted by molar-refractivity contribution is -0.344. The molecule has 1 aromatic rings. The van der Waals surface area contributed by atoms with Crippen molar-refractivity contribution in [2.24, 2.45) is 0 Å². The standard InChI is InChI=1S/C6H6F2N2O2/c1-11-6(7,8)12-5-9-3-2-4-10-5/h2-4H,1H3. The minimum Gasteiger partial charge on any atom is -0.374 e. The van der Waals surface area contributed by atoms with E-state index in [-0.39, 0.29) is 0 Å². The summed E-state index contributed by atoms with van der Waals surface area (Å²) < 4.78 is 32.3. The van der Waals surface area contributed by atoms with Crippen LogP contribution in [0.15, 0.2) is 18.5 Å². The van der Waals surface area contributed by atoms with Gasteiger partial charge in [0.15, 0.2) is 0 Å². The van der Waals surface area contributed by atoms with Crippen LogP contribution in [0.2, 0.25) is 0 Å². The lowest BCUT2D eigenvalue weighted by Gasteiger charge is -2.12. The van der Waals surface area contributed by atoms with Crippen molar-refractivity contribution >= 4 is 0 Å². The first-order valence-corrected chi connectivity index (χ1v) is 3.03. The van der Waals surface area contributed by atoms with Gasteiger partial charge in [0.2, 0.25) is 0 Å². The van der Waals surface area contributed by atoms with Crippen LogP contribution in [0, 0.1) is 0 Å². The van der Waals surface area contributed by atoms with Crippen LogP contribution in [0.25, 0.3) is 0 Å². The summed E-state index contributed by atoms with van der Waals surface area (Å²) in [5.74, 6) is 0. The monoisotopic (exact) mass is 176 g/mol. The average Bonchev–Trinajstić information content (AvgIpc) is 2.06. The van der Waals surface area contributed by atoms with Gasteiger partial charge in [0.1, 0.15) is 0 Å². The molecular formula is C6H6F2N2O2. The first-order chi connectivity index (χ1) is 5.64. The summed E-state index contributed by atoms with van der Waals surface area (Å²) in [5.41, 5.74) is 0. The minimum absolute atomic E-state index is 0.427. The topological polar surface area (TPSA) is 44.2 Å². The predicted molar refractivity (Wildman–Crippen MR) is 34.6 cm³/mol. The van der Waals surface area contributed by atoms with Crippen LogP contribution in [0.3, 0.4) is 0 Å². The van der Waals surface area contributed by atoms with Gasteiger partial charge in [0.05, 0.1) is 0 Å². The van der Waals surface area contributed by atoms with E-state index < -0.39 is 12.3 Å². The van der Waals surface area contributed by atoms with Gasteiger partial charge in [0, 0.05) is 19.5 Å². The van der Waals surface area contributed by atoms with E-state index in [1.54, 1.807) is 0 Å². The number of hydrogen-bond acceptors (Lipinski definition) is 4. The fraction of sp³-hybridized carbons (Fsp3) is 0.333. The number of nitrogens with zero attached hydrogens (tertiary/aromatic N) is 2. The number of alkyl halides is 2. The van der Waals surface area contributed by atoms with Crippen LogP contribution < -0.4 is 4.74 Å². The van der Waals surface area contributed by atoms with Crippen molar-refractivity contribution < 1.29 is 18.3 Å². The molecule has 0 spiro atoms. The van der Waals surface area contributed by atoms with Crippen molar-refractivity contribution in [1.82, 2.24) is 9.97 Å². The Hall–Kier alpha value is -1.30. The molecule has 0 aliphatic carbocycles. The Morgan fingerprint density at radius 2 is 1.92 bits per heavy atom. The summed E-state index contributed by atoms with van der Waals surface area (Å²) in [5, 5.41) is 0. The van der Waals surface area contributed by atoms with E-state index in [1.165, 1.54) is 18.5 Å². The highest BCUT2D eigenvalue weighted by molar-refractivity contribution is 4.93. The Kier molecular flexibility index (Phi) is 2.49. The zero-order valence-electron chi connectivity index (χ0n) is 6.20. The third-order valence-electron chi connectivity index (χ3n) is 0.990. The molecule has 4 nitrogen and oxygen atoms in total. The molecule has 0 aromatic carbocycles. The summed E-state index contributed by atoms with van der Waals surface area (Å²) in [4.78, 5) is 6.84. The molecule has 0 saturated heterocycles. The molecule has 12 heavy (non-hydrogen) atoms. The third kappa shape index (κ3) is 2.39. The van der Waals surface area contributed by atoms with Crippen molar-refractivity contribution in [3.05, 3.63) is 18.5 Å². The van der Waals surface area contributed by atoms with Crippen molar-refractivity contribution in [3.63, 3.8) is 0 Å². The molecule has 6 heteroatoms. The maximum absolute atomic E-state index is 12.3. The largest absolute Gasteiger partial charge is 0.537 e. The SMILES string of the molecule is COC(F)(F)Oc1ncccn1. The van der Waals surface area contributed by atoms with Crippen LogP contribution in [-0.2, 0) is 4.74 Å². The van der Waals surface area contributed by atoms with Crippen molar-refractivity contribution in [2.45, 2.75) is 6.29 Å². The van der Waals surface area contributed by atoms with E-state index in [1.807, 2.05) is 0 Å². The van der Waals surface area contributed by atoms with Crippen molar-refractivity contribution in [2.75, 3.05) is 7.11 Å². The maximum Gasteiger partial charge on any atom is 0.537 e. The Labute approximate surface area is 67.2 Å². The summed E-state index contributed by atoms with van der Waals surface area (Å²) in [7, 11) is 0.822. The fourth-order valence-corrected chi connectivity index (χ4v) is 0.486. The molecule has 0 aliphatic rings. The van der Waals surface area contributed by atoms with Crippen LogP contribution in [0.1, 0.15) is 0 Å². The Bertz CT molecular complexity index is 243. The zero-order chi connectivity index (χ0) is 9.03. The number of rotatable bonds is 3. The number of aromatic nitrogens is 2. The van der Waals surface area contributed by atoms with Gasteiger partial charge in [-0.15, -0.1) is 8.78 Å². The molecule has 0 saturated carbocycles. The van der Waals surface area contributed by atoms with E-state index >= 15 is 0 Å². The molecule has 1 heterocycles. The molecule has 0 radical (unpaired) electrons. The summed E-state index contributed by atoms with van der Waals surface area (Å²) >= 11 is 0. The second-order valence-electron chi connectivity index (χ2n) is 1.80. The van der Waals surface area contributed by atoms with Gasteiger partial charge < -0.3 is 4.74 Å².